The normalized spacial score (nSPS) is 37.7. The van der Waals surface area contributed by atoms with Gasteiger partial charge in [-0.2, -0.15) is 0 Å². The van der Waals surface area contributed by atoms with E-state index >= 15 is 0 Å². The number of benzene rings is 1. The maximum Gasteiger partial charge on any atom is 0.246 e. The monoisotopic (exact) mass is 533 g/mol. The van der Waals surface area contributed by atoms with Gasteiger partial charge in [0.15, 0.2) is 0 Å². The molecule has 2 aliphatic carbocycles. The molecular weight excluding hydrogens is 490 g/mol. The van der Waals surface area contributed by atoms with Gasteiger partial charge in [-0.3, -0.25) is 14.4 Å². The predicted octanol–water partition coefficient (Wildman–Crippen LogP) is 4.67. The third kappa shape index (κ3) is 4.32. The minimum absolute atomic E-state index is 0.00388. The molecule has 2 saturated carbocycles. The van der Waals surface area contributed by atoms with Crippen LogP contribution in [-0.4, -0.2) is 52.5 Å². The summed E-state index contributed by atoms with van der Waals surface area (Å²) in [6.45, 7) is 8.53. The molecule has 3 heterocycles. The van der Waals surface area contributed by atoms with Gasteiger partial charge in [0.1, 0.15) is 11.6 Å². The lowest BCUT2D eigenvalue weighted by Gasteiger charge is -2.40. The minimum Gasteiger partial charge on any atom is -0.359 e. The second-order valence-corrected chi connectivity index (χ2v) is 12.9. The number of nitrogens with zero attached hydrogens (tertiary/aromatic N) is 1. The lowest BCUT2D eigenvalue weighted by Crippen LogP contribution is -2.59. The number of carbonyl (C=O) groups excluding carboxylic acids is 3. The smallest absolute Gasteiger partial charge is 0.246 e. The van der Waals surface area contributed by atoms with Gasteiger partial charge in [0.25, 0.3) is 0 Å². The van der Waals surface area contributed by atoms with E-state index in [0.717, 1.165) is 56.1 Å². The minimum atomic E-state index is -1.10. The van der Waals surface area contributed by atoms with E-state index in [1.807, 2.05) is 49.1 Å². The van der Waals surface area contributed by atoms with Gasteiger partial charge in [-0.1, -0.05) is 64.2 Å². The number of nitrogens with one attached hydrogen (secondary N) is 2. The molecule has 0 radical (unpaired) electrons. The first-order valence-corrected chi connectivity index (χ1v) is 15.1. The van der Waals surface area contributed by atoms with E-state index in [9.17, 15) is 14.4 Å². The van der Waals surface area contributed by atoms with Gasteiger partial charge in [-0.25, -0.2) is 0 Å². The number of fused-ring (bicyclic) bond motifs is 1. The van der Waals surface area contributed by atoms with Gasteiger partial charge in [-0.15, -0.1) is 0 Å². The Morgan fingerprint density at radius 3 is 2.49 bits per heavy atom. The van der Waals surface area contributed by atoms with E-state index in [-0.39, 0.29) is 29.8 Å². The molecule has 1 aromatic rings. The number of likely N-dealkylation sites (tertiary alicyclic amines) is 1. The first-order chi connectivity index (χ1) is 18.7. The summed E-state index contributed by atoms with van der Waals surface area (Å²) in [5.74, 6) is -0.869. The second-order valence-electron chi connectivity index (χ2n) is 12.9. The molecule has 3 amide bonds. The fourth-order valence-electron chi connectivity index (χ4n) is 8.05. The van der Waals surface area contributed by atoms with Crippen molar-refractivity contribution in [2.24, 2.45) is 23.7 Å². The van der Waals surface area contributed by atoms with Crippen molar-refractivity contribution in [3.8, 4) is 0 Å². The SMILES string of the molecule is Cc1ccc(NC(=O)[C@@H]2[C@@H]3C=C[C@]4(O3)[C@@H]2C(=O)N(C2CCCCC2)[C@H]4C(=O)N[C@@H]2CCC[C@H](C)[C@H]2C)cc1C. The van der Waals surface area contributed by atoms with Gasteiger partial charge in [0.2, 0.25) is 17.7 Å². The third-order valence-corrected chi connectivity index (χ3v) is 10.6. The summed E-state index contributed by atoms with van der Waals surface area (Å²) in [4.78, 5) is 44.1. The topological polar surface area (TPSA) is 87.7 Å². The van der Waals surface area contributed by atoms with Crippen LogP contribution in [0.4, 0.5) is 5.69 Å². The highest BCUT2D eigenvalue weighted by Gasteiger charge is 2.73. The number of amides is 3. The summed E-state index contributed by atoms with van der Waals surface area (Å²) >= 11 is 0. The number of anilines is 1. The third-order valence-electron chi connectivity index (χ3n) is 10.6. The molecule has 3 aliphatic heterocycles. The molecule has 6 rings (SSSR count). The molecule has 2 N–H and O–H groups in total. The van der Waals surface area contributed by atoms with Crippen LogP contribution in [0.1, 0.15) is 76.3 Å². The average Bonchev–Trinajstić information content (AvgIpc) is 3.56. The van der Waals surface area contributed by atoms with Crippen LogP contribution < -0.4 is 10.6 Å². The Labute approximate surface area is 232 Å². The summed E-state index contributed by atoms with van der Waals surface area (Å²) in [5.41, 5.74) is 1.87. The molecule has 210 valence electrons. The van der Waals surface area contributed by atoms with Gasteiger partial charge in [0.05, 0.1) is 17.9 Å². The Morgan fingerprint density at radius 2 is 1.74 bits per heavy atom. The molecule has 0 aromatic heterocycles. The van der Waals surface area contributed by atoms with Crippen molar-refractivity contribution in [1.82, 2.24) is 10.2 Å². The van der Waals surface area contributed by atoms with E-state index in [2.05, 4.69) is 24.5 Å². The molecule has 7 nitrogen and oxygen atoms in total. The summed E-state index contributed by atoms with van der Waals surface area (Å²) in [5, 5.41) is 6.43. The molecule has 7 heteroatoms. The van der Waals surface area contributed by atoms with E-state index in [4.69, 9.17) is 4.74 Å². The Morgan fingerprint density at radius 1 is 0.974 bits per heavy atom. The highest BCUT2D eigenvalue weighted by Crippen LogP contribution is 2.56. The van der Waals surface area contributed by atoms with Gasteiger partial charge in [0, 0.05) is 17.8 Å². The van der Waals surface area contributed by atoms with Crippen LogP contribution in [0, 0.1) is 37.5 Å². The van der Waals surface area contributed by atoms with Crippen LogP contribution >= 0.6 is 0 Å². The average molecular weight is 534 g/mol. The number of aryl methyl sites for hydroxylation is 2. The molecule has 1 spiro atoms. The lowest BCUT2D eigenvalue weighted by molar-refractivity contribution is -0.145. The summed E-state index contributed by atoms with van der Waals surface area (Å²) in [6.07, 6.45) is 11.6. The standard InChI is InChI=1S/C32H43N3O4/c1-18-13-14-22(17-20(18)3)33-29(36)26-25-15-16-32(39-25)27(26)31(38)35(23-10-6-5-7-11-23)28(32)30(37)34-24-12-8-9-19(2)21(24)4/h13-17,19,21,23-28H,5-12H2,1-4H3,(H,33,36)(H,34,37)/t19-,21+,24+,25-,26+,27-,28-,32-/m0/s1. The van der Waals surface area contributed by atoms with Crippen LogP contribution in [0.25, 0.3) is 0 Å². The van der Waals surface area contributed by atoms with Crippen LogP contribution in [0.5, 0.6) is 0 Å². The van der Waals surface area contributed by atoms with E-state index < -0.39 is 29.6 Å². The Hall–Kier alpha value is -2.67. The molecular formula is C32H43N3O4. The van der Waals surface area contributed by atoms with E-state index in [1.165, 1.54) is 6.42 Å². The summed E-state index contributed by atoms with van der Waals surface area (Å²) < 4.78 is 6.57. The predicted molar refractivity (Wildman–Crippen MR) is 150 cm³/mol. The largest absolute Gasteiger partial charge is 0.359 e. The maximum absolute atomic E-state index is 14.3. The second kappa shape index (κ2) is 10.1. The molecule has 8 atom stereocenters. The zero-order valence-electron chi connectivity index (χ0n) is 23.7. The Kier molecular flexibility index (Phi) is 6.85. The van der Waals surface area contributed by atoms with Crippen molar-refractivity contribution >= 4 is 23.4 Å². The van der Waals surface area contributed by atoms with Crippen LogP contribution in [-0.2, 0) is 19.1 Å². The van der Waals surface area contributed by atoms with Crippen LogP contribution in [0.15, 0.2) is 30.4 Å². The molecule has 4 fully saturated rings. The van der Waals surface area contributed by atoms with Crippen molar-refractivity contribution in [1.29, 1.82) is 0 Å². The lowest BCUT2D eigenvalue weighted by atomic mass is 9.73. The zero-order valence-corrected chi connectivity index (χ0v) is 23.7. The number of ether oxygens (including phenoxy) is 1. The zero-order chi connectivity index (χ0) is 27.5. The van der Waals surface area contributed by atoms with Crippen molar-refractivity contribution in [2.45, 2.75) is 109 Å². The van der Waals surface area contributed by atoms with Crippen molar-refractivity contribution in [2.75, 3.05) is 5.32 Å². The van der Waals surface area contributed by atoms with Crippen molar-refractivity contribution < 1.29 is 19.1 Å². The molecule has 39 heavy (non-hydrogen) atoms. The van der Waals surface area contributed by atoms with Crippen LogP contribution in [0.3, 0.4) is 0 Å². The number of hydrogen-bond acceptors (Lipinski definition) is 4. The van der Waals surface area contributed by atoms with Gasteiger partial charge >= 0.3 is 0 Å². The summed E-state index contributed by atoms with van der Waals surface area (Å²) in [6, 6.07) is 5.19. The molecule has 0 unspecified atom stereocenters. The molecule has 5 aliphatic rings. The van der Waals surface area contributed by atoms with E-state index in [1.54, 1.807) is 0 Å². The first-order valence-electron chi connectivity index (χ1n) is 15.1. The van der Waals surface area contributed by atoms with E-state index in [0.29, 0.717) is 17.5 Å². The van der Waals surface area contributed by atoms with Gasteiger partial charge < -0.3 is 20.3 Å². The quantitative estimate of drug-likeness (QED) is 0.539. The number of hydrogen-bond donors (Lipinski definition) is 2. The van der Waals surface area contributed by atoms with Crippen molar-refractivity contribution in [3.63, 3.8) is 0 Å². The van der Waals surface area contributed by atoms with Gasteiger partial charge in [-0.05, 0) is 68.2 Å². The molecule has 2 bridgehead atoms. The Bertz CT molecular complexity index is 1190. The fraction of sp³-hybridized carbons (Fsp3) is 0.656. The fourth-order valence-corrected chi connectivity index (χ4v) is 8.05. The number of carbonyl (C=O) groups is 3. The highest BCUT2D eigenvalue weighted by molar-refractivity contribution is 6.03. The molecule has 2 saturated heterocycles. The summed E-state index contributed by atoms with van der Waals surface area (Å²) in [7, 11) is 0. The van der Waals surface area contributed by atoms with Crippen molar-refractivity contribution in [3.05, 3.63) is 41.5 Å². The highest BCUT2D eigenvalue weighted by atomic mass is 16.5. The molecule has 1 aromatic carbocycles. The number of rotatable bonds is 5. The Balaban J connectivity index is 1.31. The van der Waals surface area contributed by atoms with Crippen LogP contribution in [0.2, 0.25) is 0 Å². The maximum atomic E-state index is 14.3. The first kappa shape index (κ1) is 26.5.